The van der Waals surface area contributed by atoms with Gasteiger partial charge in [0, 0.05) is 0 Å². The number of methoxy groups -OCH3 is 1. The van der Waals surface area contributed by atoms with Crippen LogP contribution in [-0.4, -0.2) is 26.3 Å². The van der Waals surface area contributed by atoms with Gasteiger partial charge in [-0.3, -0.25) is 0 Å². The zero-order chi connectivity index (χ0) is 11.0. The van der Waals surface area contributed by atoms with Crippen LogP contribution in [0.25, 0.3) is 0 Å². The van der Waals surface area contributed by atoms with Gasteiger partial charge in [0.15, 0.2) is 0 Å². The molecule has 1 atom stereocenters. The van der Waals surface area contributed by atoms with Crippen LogP contribution in [0.5, 0.6) is 5.75 Å². The Morgan fingerprint density at radius 3 is 2.87 bits per heavy atom. The van der Waals surface area contributed by atoms with Crippen LogP contribution < -0.4 is 4.74 Å². The molecule has 0 amide bonds. The van der Waals surface area contributed by atoms with Crippen LogP contribution in [0.4, 0.5) is 0 Å². The number of aldehydes is 1. The van der Waals surface area contributed by atoms with E-state index in [0.29, 0.717) is 17.2 Å². The zero-order valence-electron chi connectivity index (χ0n) is 9.04. The fraction of sp³-hybridized carbons (Fsp3) is 0.333. The number of hydrogen-bond acceptors (Lipinski definition) is 2. The Morgan fingerprint density at radius 1 is 1.53 bits per heavy atom. The summed E-state index contributed by atoms with van der Waals surface area (Å²) in [4.78, 5) is 10.8. The van der Waals surface area contributed by atoms with Crippen LogP contribution in [-0.2, 0) is 6.42 Å². The minimum absolute atomic E-state index is 0.464. The van der Waals surface area contributed by atoms with Crippen LogP contribution in [0.2, 0.25) is 0 Å². The third-order valence-electron chi connectivity index (χ3n) is 3.05. The van der Waals surface area contributed by atoms with E-state index in [1.165, 1.54) is 5.56 Å². The van der Waals surface area contributed by atoms with Crippen molar-refractivity contribution in [2.75, 3.05) is 7.11 Å². The molecule has 2 rings (SSSR count). The summed E-state index contributed by atoms with van der Waals surface area (Å²) in [7, 11) is 5.64. The number of benzene rings is 1. The molecular formula is C12H13BO2. The summed E-state index contributed by atoms with van der Waals surface area (Å²) < 4.78 is 5.17. The predicted octanol–water partition coefficient (Wildman–Crippen LogP) is 1.12. The van der Waals surface area contributed by atoms with Crippen molar-refractivity contribution in [2.24, 2.45) is 5.92 Å². The van der Waals surface area contributed by atoms with E-state index in [0.717, 1.165) is 23.7 Å². The molecule has 3 heteroatoms. The second-order valence-electron chi connectivity index (χ2n) is 4.00. The summed E-state index contributed by atoms with van der Waals surface area (Å²) in [6, 6.07) is 3.83. The molecule has 2 nitrogen and oxygen atoms in total. The van der Waals surface area contributed by atoms with Gasteiger partial charge in [-0.15, -0.1) is 0 Å². The Morgan fingerprint density at radius 2 is 2.27 bits per heavy atom. The molecule has 0 unspecified atom stereocenters. The van der Waals surface area contributed by atoms with Gasteiger partial charge in [0.1, 0.15) is 0 Å². The van der Waals surface area contributed by atoms with Crippen molar-refractivity contribution in [2.45, 2.75) is 13.3 Å². The summed E-state index contributed by atoms with van der Waals surface area (Å²) in [5, 5.41) is 0. The quantitative estimate of drug-likeness (QED) is 0.528. The van der Waals surface area contributed by atoms with Crippen molar-refractivity contribution < 1.29 is 9.53 Å². The van der Waals surface area contributed by atoms with Crippen molar-refractivity contribution in [3.8, 4) is 5.75 Å². The first-order chi connectivity index (χ1) is 7.17. The van der Waals surface area contributed by atoms with Gasteiger partial charge < -0.3 is 0 Å². The fourth-order valence-corrected chi connectivity index (χ4v) is 2.10. The Balaban J connectivity index is 2.58. The average Bonchev–Trinajstić information content (AvgIpc) is 2.53. The molecule has 0 heterocycles. The first-order valence-corrected chi connectivity index (χ1v) is 5.02. The van der Waals surface area contributed by atoms with Gasteiger partial charge >= 0.3 is 89.7 Å². The van der Waals surface area contributed by atoms with Gasteiger partial charge in [-0.2, -0.15) is 0 Å². The molecule has 0 saturated heterocycles. The summed E-state index contributed by atoms with van der Waals surface area (Å²) in [5.41, 5.74) is 4.11. The summed E-state index contributed by atoms with van der Waals surface area (Å²) >= 11 is 0. The third-order valence-corrected chi connectivity index (χ3v) is 3.05. The molecule has 0 radical (unpaired) electrons. The van der Waals surface area contributed by atoms with Gasteiger partial charge in [-0.05, 0) is 0 Å². The molecule has 1 aliphatic rings. The van der Waals surface area contributed by atoms with Gasteiger partial charge in [-0.25, -0.2) is 0 Å². The first kappa shape index (κ1) is 10.2. The number of hydrogen-bond donors (Lipinski definition) is 0. The summed E-state index contributed by atoms with van der Waals surface area (Å²) in [6.07, 6.45) is 1.81. The van der Waals surface area contributed by atoms with Crippen LogP contribution in [0.3, 0.4) is 0 Å². The molecule has 0 N–H and O–H groups in total. The molecule has 0 aromatic heterocycles. The number of carbonyl (C=O) groups is 1. The molecule has 0 spiro atoms. The van der Waals surface area contributed by atoms with Crippen molar-refractivity contribution >= 4 is 19.2 Å². The van der Waals surface area contributed by atoms with Crippen LogP contribution >= 0.6 is 0 Å². The molecule has 1 aromatic rings. The van der Waals surface area contributed by atoms with E-state index in [1.807, 2.05) is 12.1 Å². The third kappa shape index (κ3) is 1.52. The Labute approximate surface area is 90.3 Å². The second-order valence-corrected chi connectivity index (χ2v) is 4.00. The number of carbonyl (C=O) groups excluding carboxylic acids is 1. The molecule has 76 valence electrons. The summed E-state index contributed by atoms with van der Waals surface area (Å²) in [6.45, 7) is 2.15. The van der Waals surface area contributed by atoms with E-state index in [4.69, 9.17) is 4.74 Å². The van der Waals surface area contributed by atoms with Crippen molar-refractivity contribution in [1.29, 1.82) is 0 Å². The van der Waals surface area contributed by atoms with Gasteiger partial charge in [0.25, 0.3) is 0 Å². The second kappa shape index (κ2) is 3.65. The van der Waals surface area contributed by atoms with E-state index in [-0.39, 0.29) is 0 Å². The minimum atomic E-state index is 0.464. The molecule has 1 aromatic carbocycles. The maximum atomic E-state index is 10.8. The fourth-order valence-electron chi connectivity index (χ4n) is 2.10. The molecule has 0 bridgehead atoms. The number of rotatable bonds is 2. The molecule has 0 fully saturated rings. The van der Waals surface area contributed by atoms with E-state index in [9.17, 15) is 4.79 Å². The van der Waals surface area contributed by atoms with Crippen LogP contribution in [0.15, 0.2) is 12.1 Å². The topological polar surface area (TPSA) is 26.3 Å². The Kier molecular flexibility index (Phi) is 2.47. The Hall–Kier alpha value is -1.38. The van der Waals surface area contributed by atoms with Crippen molar-refractivity contribution in [3.63, 3.8) is 0 Å². The summed E-state index contributed by atoms with van der Waals surface area (Å²) in [5.74, 6) is 1.10. The number of ether oxygens (including phenoxy) is 1. The van der Waals surface area contributed by atoms with Crippen LogP contribution in [0, 0.1) is 5.92 Å². The first-order valence-electron chi connectivity index (χ1n) is 5.02. The molecule has 0 saturated carbocycles. The van der Waals surface area contributed by atoms with Gasteiger partial charge in [0.2, 0.25) is 0 Å². The Bertz CT molecular complexity index is 437. The molecule has 1 aliphatic carbocycles. The van der Waals surface area contributed by atoms with E-state index >= 15 is 0 Å². The molecule has 15 heavy (non-hydrogen) atoms. The van der Waals surface area contributed by atoms with Gasteiger partial charge in [0.05, 0.1) is 0 Å². The van der Waals surface area contributed by atoms with Crippen molar-refractivity contribution in [1.82, 2.24) is 0 Å². The zero-order valence-corrected chi connectivity index (χ0v) is 9.04. The normalized spacial score (nSPS) is 18.7. The van der Waals surface area contributed by atoms with E-state index in [1.54, 1.807) is 7.11 Å². The van der Waals surface area contributed by atoms with Gasteiger partial charge in [-0.1, -0.05) is 0 Å². The number of fused-ring (bicyclic) bond motifs is 1. The van der Waals surface area contributed by atoms with E-state index < -0.39 is 0 Å². The predicted molar refractivity (Wildman–Crippen MR) is 62.5 cm³/mol. The molecular weight excluding hydrogens is 187 g/mol. The maximum absolute atomic E-state index is 10.8. The average molecular weight is 200 g/mol. The SMILES string of the molecule is B=C1c2cc(OC)c(C=O)cc2C[C@@H]1C. The van der Waals surface area contributed by atoms with E-state index in [2.05, 4.69) is 14.4 Å². The monoisotopic (exact) mass is 200 g/mol. The van der Waals surface area contributed by atoms with Crippen LogP contribution in [0.1, 0.15) is 28.4 Å². The molecule has 0 aliphatic heterocycles. The standard InChI is InChI=1S/C12H13BO2/c1-7-3-8-4-9(6-14)11(15-2)5-10(8)12(7)13/h4-7,13H,3H2,1-2H3/t7-/m0/s1. The van der Waals surface area contributed by atoms with Crippen molar-refractivity contribution in [3.05, 3.63) is 28.8 Å².